The summed E-state index contributed by atoms with van der Waals surface area (Å²) in [6.45, 7) is 0.379. The number of methoxy groups -OCH3 is 2. The van der Waals surface area contributed by atoms with Crippen molar-refractivity contribution < 1.29 is 29.5 Å². The Labute approximate surface area is 171 Å². The lowest BCUT2D eigenvalue weighted by molar-refractivity contribution is -0.0605. The standard InChI is InChI=1S/C23H28O6/c1-27-21-13-16(3-5-19(21)25)7-10-23(15-18(24)9-12-29-23)11-8-17-4-6-20(26)22(14-17)28-2/h3-6,9,13-14,24-26H,7-8,10-12,15H2,1-2H3. The molecule has 29 heavy (non-hydrogen) atoms. The van der Waals surface area contributed by atoms with Crippen LogP contribution in [0, 0.1) is 0 Å². The van der Waals surface area contributed by atoms with E-state index in [1.165, 1.54) is 14.2 Å². The third-order valence-corrected chi connectivity index (χ3v) is 5.44. The van der Waals surface area contributed by atoms with E-state index in [4.69, 9.17) is 14.2 Å². The van der Waals surface area contributed by atoms with Gasteiger partial charge in [0.15, 0.2) is 23.0 Å². The number of aryl methyl sites for hydroxylation is 2. The normalized spacial score (nSPS) is 15.6. The van der Waals surface area contributed by atoms with Crippen molar-refractivity contribution in [1.29, 1.82) is 0 Å². The lowest BCUT2D eigenvalue weighted by Crippen LogP contribution is -2.37. The summed E-state index contributed by atoms with van der Waals surface area (Å²) >= 11 is 0. The number of aromatic hydroxyl groups is 2. The average molecular weight is 400 g/mol. The maximum atomic E-state index is 10.2. The van der Waals surface area contributed by atoms with Crippen LogP contribution < -0.4 is 9.47 Å². The van der Waals surface area contributed by atoms with Gasteiger partial charge in [0.2, 0.25) is 0 Å². The SMILES string of the molecule is COc1cc(CCC2(CCc3ccc(O)c(OC)c3)CC(O)=CCO2)ccc1O. The zero-order chi connectivity index (χ0) is 20.9. The molecule has 6 nitrogen and oxygen atoms in total. The Morgan fingerprint density at radius 3 is 1.83 bits per heavy atom. The fourth-order valence-electron chi connectivity index (χ4n) is 3.71. The minimum Gasteiger partial charge on any atom is -0.512 e. The number of ether oxygens (including phenoxy) is 3. The predicted octanol–water partition coefficient (Wildman–Crippen LogP) is 4.28. The number of aliphatic hydroxyl groups is 1. The molecule has 0 aliphatic carbocycles. The molecule has 2 aromatic rings. The molecule has 0 spiro atoms. The molecular weight excluding hydrogens is 372 g/mol. The van der Waals surface area contributed by atoms with Crippen LogP contribution >= 0.6 is 0 Å². The second-order valence-corrected chi connectivity index (χ2v) is 7.38. The number of rotatable bonds is 8. The van der Waals surface area contributed by atoms with Crippen molar-refractivity contribution in [1.82, 2.24) is 0 Å². The third-order valence-electron chi connectivity index (χ3n) is 5.44. The van der Waals surface area contributed by atoms with E-state index in [2.05, 4.69) is 0 Å². The molecule has 2 aromatic carbocycles. The first-order valence-corrected chi connectivity index (χ1v) is 9.68. The van der Waals surface area contributed by atoms with Crippen LogP contribution in [-0.4, -0.2) is 41.7 Å². The van der Waals surface area contributed by atoms with Crippen molar-refractivity contribution >= 4 is 0 Å². The van der Waals surface area contributed by atoms with E-state index >= 15 is 0 Å². The highest BCUT2D eigenvalue weighted by Crippen LogP contribution is 2.36. The van der Waals surface area contributed by atoms with E-state index in [-0.39, 0.29) is 11.5 Å². The van der Waals surface area contributed by atoms with Gasteiger partial charge in [-0.15, -0.1) is 0 Å². The Bertz CT molecular complexity index is 816. The predicted molar refractivity (Wildman–Crippen MR) is 110 cm³/mol. The van der Waals surface area contributed by atoms with Gasteiger partial charge in [-0.1, -0.05) is 12.1 Å². The van der Waals surface area contributed by atoms with Gasteiger partial charge in [-0.25, -0.2) is 0 Å². The van der Waals surface area contributed by atoms with Crippen molar-refractivity contribution in [2.24, 2.45) is 0 Å². The number of phenolic OH excluding ortho intramolecular Hbond substituents is 2. The Hall–Kier alpha value is -2.86. The van der Waals surface area contributed by atoms with Crippen molar-refractivity contribution in [3.63, 3.8) is 0 Å². The molecule has 156 valence electrons. The van der Waals surface area contributed by atoms with Gasteiger partial charge in [0.25, 0.3) is 0 Å². The smallest absolute Gasteiger partial charge is 0.160 e. The number of hydrogen-bond donors (Lipinski definition) is 3. The molecule has 1 aliphatic heterocycles. The molecule has 0 saturated heterocycles. The summed E-state index contributed by atoms with van der Waals surface area (Å²) in [7, 11) is 3.05. The summed E-state index contributed by atoms with van der Waals surface area (Å²) in [6, 6.07) is 10.6. The summed E-state index contributed by atoms with van der Waals surface area (Å²) in [5.74, 6) is 1.46. The fraction of sp³-hybridized carbons (Fsp3) is 0.391. The zero-order valence-electron chi connectivity index (χ0n) is 16.9. The molecule has 6 heteroatoms. The van der Waals surface area contributed by atoms with Crippen molar-refractivity contribution in [2.75, 3.05) is 20.8 Å². The number of benzene rings is 2. The van der Waals surface area contributed by atoms with Crippen LogP contribution in [0.4, 0.5) is 0 Å². The molecular formula is C23H28O6. The van der Waals surface area contributed by atoms with Crippen LogP contribution in [0.5, 0.6) is 23.0 Å². The highest BCUT2D eigenvalue weighted by atomic mass is 16.5. The highest BCUT2D eigenvalue weighted by Gasteiger charge is 2.34. The minimum atomic E-state index is -0.491. The Morgan fingerprint density at radius 1 is 0.862 bits per heavy atom. The number of hydrogen-bond acceptors (Lipinski definition) is 6. The largest absolute Gasteiger partial charge is 0.512 e. The maximum absolute atomic E-state index is 10.2. The van der Waals surface area contributed by atoms with Crippen LogP contribution in [0.25, 0.3) is 0 Å². The van der Waals surface area contributed by atoms with Crippen LogP contribution in [0.15, 0.2) is 48.2 Å². The van der Waals surface area contributed by atoms with Gasteiger partial charge in [-0.05, 0) is 67.2 Å². The summed E-state index contributed by atoms with van der Waals surface area (Å²) in [5.41, 5.74) is 1.57. The van der Waals surface area contributed by atoms with Crippen LogP contribution in [0.3, 0.4) is 0 Å². The van der Waals surface area contributed by atoms with Crippen molar-refractivity contribution in [2.45, 2.75) is 37.7 Å². The molecule has 3 N–H and O–H groups in total. The summed E-state index contributed by atoms with van der Waals surface area (Å²) in [6.07, 6.45) is 5.04. The molecule has 3 rings (SSSR count). The molecule has 0 atom stereocenters. The summed E-state index contributed by atoms with van der Waals surface area (Å²) < 4.78 is 16.5. The third kappa shape index (κ3) is 5.15. The first-order valence-electron chi connectivity index (χ1n) is 9.68. The monoisotopic (exact) mass is 400 g/mol. The van der Waals surface area contributed by atoms with Crippen LogP contribution in [0.1, 0.15) is 30.4 Å². The average Bonchev–Trinajstić information content (AvgIpc) is 2.72. The van der Waals surface area contributed by atoms with Gasteiger partial charge in [0.1, 0.15) is 0 Å². The Balaban J connectivity index is 1.73. The first kappa shape index (κ1) is 20.9. The minimum absolute atomic E-state index is 0.113. The molecule has 0 unspecified atom stereocenters. The van der Waals surface area contributed by atoms with Crippen LogP contribution in [-0.2, 0) is 17.6 Å². The Kier molecular flexibility index (Phi) is 6.54. The van der Waals surface area contributed by atoms with E-state index in [9.17, 15) is 15.3 Å². The van der Waals surface area contributed by atoms with Gasteiger partial charge in [-0.3, -0.25) is 0 Å². The molecule has 1 aliphatic rings. The number of phenols is 2. The van der Waals surface area contributed by atoms with Gasteiger partial charge in [0, 0.05) is 6.42 Å². The topological polar surface area (TPSA) is 88.4 Å². The molecule has 0 aromatic heterocycles. The fourth-order valence-corrected chi connectivity index (χ4v) is 3.71. The second-order valence-electron chi connectivity index (χ2n) is 7.38. The maximum Gasteiger partial charge on any atom is 0.160 e. The molecule has 0 fully saturated rings. The second kappa shape index (κ2) is 9.09. The molecule has 0 radical (unpaired) electrons. The van der Waals surface area contributed by atoms with Gasteiger partial charge in [-0.2, -0.15) is 0 Å². The van der Waals surface area contributed by atoms with Crippen molar-refractivity contribution in [3.05, 3.63) is 59.4 Å². The van der Waals surface area contributed by atoms with Crippen LogP contribution in [0.2, 0.25) is 0 Å². The zero-order valence-corrected chi connectivity index (χ0v) is 16.9. The quantitative estimate of drug-likeness (QED) is 0.613. The summed E-state index contributed by atoms with van der Waals surface area (Å²) in [4.78, 5) is 0. The van der Waals surface area contributed by atoms with E-state index in [1.807, 2.05) is 24.3 Å². The molecule has 1 heterocycles. The van der Waals surface area contributed by atoms with E-state index < -0.39 is 5.60 Å². The van der Waals surface area contributed by atoms with Crippen molar-refractivity contribution in [3.8, 4) is 23.0 Å². The molecule has 0 saturated carbocycles. The van der Waals surface area contributed by atoms with Gasteiger partial charge in [0.05, 0.1) is 32.2 Å². The summed E-state index contributed by atoms with van der Waals surface area (Å²) in [5, 5.41) is 29.7. The van der Waals surface area contributed by atoms with Gasteiger partial charge < -0.3 is 29.5 Å². The van der Waals surface area contributed by atoms with E-state index in [0.717, 1.165) is 24.0 Å². The van der Waals surface area contributed by atoms with E-state index in [0.29, 0.717) is 43.1 Å². The molecule has 0 bridgehead atoms. The van der Waals surface area contributed by atoms with E-state index in [1.54, 1.807) is 18.2 Å². The van der Waals surface area contributed by atoms with Gasteiger partial charge >= 0.3 is 0 Å². The molecule has 0 amide bonds. The lowest BCUT2D eigenvalue weighted by Gasteiger charge is -2.36. The highest BCUT2D eigenvalue weighted by molar-refractivity contribution is 5.42. The number of aliphatic hydroxyl groups excluding tert-OH is 1. The Morgan fingerprint density at radius 2 is 1.38 bits per heavy atom. The lowest BCUT2D eigenvalue weighted by atomic mass is 9.84. The first-order chi connectivity index (χ1) is 13.9.